The van der Waals surface area contributed by atoms with Crippen molar-refractivity contribution < 1.29 is 9.94 Å². The maximum Gasteiger partial charge on any atom is 0.158 e. The highest BCUT2D eigenvalue weighted by molar-refractivity contribution is 5.84. The molecule has 0 fully saturated rings. The van der Waals surface area contributed by atoms with Crippen molar-refractivity contribution in [2.75, 3.05) is 18.5 Å². The lowest BCUT2D eigenvalue weighted by atomic mass is 10.3. The molecular formula is C10H15N3O2. The molecular weight excluding hydrogens is 194 g/mol. The Bertz CT molecular complexity index is 339. The van der Waals surface area contributed by atoms with Crippen LogP contribution in [0.1, 0.15) is 6.92 Å². The van der Waals surface area contributed by atoms with E-state index in [4.69, 9.17) is 15.7 Å². The normalized spacial score (nSPS) is 11.1. The minimum absolute atomic E-state index is 0.136. The van der Waals surface area contributed by atoms with Gasteiger partial charge < -0.3 is 21.0 Å². The Kier molecular flexibility index (Phi) is 4.28. The van der Waals surface area contributed by atoms with Crippen molar-refractivity contribution in [1.29, 1.82) is 0 Å². The van der Waals surface area contributed by atoms with E-state index in [2.05, 4.69) is 10.5 Å². The number of hydrogen-bond donors (Lipinski definition) is 3. The van der Waals surface area contributed by atoms with Crippen LogP contribution in [0, 0.1) is 0 Å². The highest BCUT2D eigenvalue weighted by Gasteiger charge is 1.97. The van der Waals surface area contributed by atoms with Crippen molar-refractivity contribution in [2.24, 2.45) is 10.9 Å². The Labute approximate surface area is 88.5 Å². The van der Waals surface area contributed by atoms with Gasteiger partial charge in [0.15, 0.2) is 5.84 Å². The van der Waals surface area contributed by atoms with Crippen molar-refractivity contribution in [2.45, 2.75) is 6.92 Å². The molecule has 0 heterocycles. The van der Waals surface area contributed by atoms with Crippen molar-refractivity contribution in [3.8, 4) is 5.75 Å². The van der Waals surface area contributed by atoms with Crippen LogP contribution in [0.15, 0.2) is 29.4 Å². The monoisotopic (exact) mass is 209 g/mol. The summed E-state index contributed by atoms with van der Waals surface area (Å²) in [6, 6.07) is 7.49. The fourth-order valence-corrected chi connectivity index (χ4v) is 1.09. The van der Waals surface area contributed by atoms with Crippen molar-refractivity contribution in [1.82, 2.24) is 0 Å². The molecule has 0 aliphatic heterocycles. The lowest BCUT2D eigenvalue weighted by Crippen LogP contribution is -2.22. The molecule has 1 aromatic rings. The van der Waals surface area contributed by atoms with Crippen LogP contribution in [0.25, 0.3) is 0 Å². The van der Waals surface area contributed by atoms with Gasteiger partial charge in [0.25, 0.3) is 0 Å². The summed E-state index contributed by atoms with van der Waals surface area (Å²) >= 11 is 0. The van der Waals surface area contributed by atoms with E-state index in [9.17, 15) is 0 Å². The number of anilines is 1. The molecule has 0 unspecified atom stereocenters. The minimum atomic E-state index is 0.136. The lowest BCUT2D eigenvalue weighted by molar-refractivity contribution is 0.317. The average molecular weight is 209 g/mol. The summed E-state index contributed by atoms with van der Waals surface area (Å²) in [5, 5.41) is 14.2. The number of ether oxygens (including phenoxy) is 1. The zero-order chi connectivity index (χ0) is 11.1. The summed E-state index contributed by atoms with van der Waals surface area (Å²) < 4.78 is 5.33. The van der Waals surface area contributed by atoms with E-state index in [0.717, 1.165) is 11.4 Å². The van der Waals surface area contributed by atoms with Crippen molar-refractivity contribution in [3.05, 3.63) is 24.3 Å². The maximum absolute atomic E-state index is 8.35. The van der Waals surface area contributed by atoms with Crippen LogP contribution < -0.4 is 15.8 Å². The van der Waals surface area contributed by atoms with Gasteiger partial charge in [-0.25, -0.2) is 0 Å². The van der Waals surface area contributed by atoms with Crippen molar-refractivity contribution >= 4 is 11.5 Å². The molecule has 0 saturated heterocycles. The van der Waals surface area contributed by atoms with Gasteiger partial charge in [0.1, 0.15) is 5.75 Å². The third kappa shape index (κ3) is 3.76. The molecule has 0 spiro atoms. The van der Waals surface area contributed by atoms with Gasteiger partial charge in [-0.05, 0) is 19.1 Å². The van der Waals surface area contributed by atoms with Gasteiger partial charge in [-0.3, -0.25) is 0 Å². The van der Waals surface area contributed by atoms with Crippen molar-refractivity contribution in [3.63, 3.8) is 0 Å². The van der Waals surface area contributed by atoms with Gasteiger partial charge in [-0.1, -0.05) is 11.2 Å². The summed E-state index contributed by atoms with van der Waals surface area (Å²) in [7, 11) is 0. The number of rotatable bonds is 5. The molecule has 82 valence electrons. The molecule has 15 heavy (non-hydrogen) atoms. The smallest absolute Gasteiger partial charge is 0.158 e. The fraction of sp³-hybridized carbons (Fsp3) is 0.300. The summed E-state index contributed by atoms with van der Waals surface area (Å²) in [5.74, 6) is 0.929. The standard InChI is InChI=1S/C10H15N3O2/c1-2-15-9-5-3-4-8(6-9)12-7-10(11)13-14/h3-6,12,14H,2,7H2,1H3,(H2,11,13). The molecule has 0 radical (unpaired) electrons. The molecule has 5 heteroatoms. The SMILES string of the molecule is CCOc1cccc(NCC(N)=NO)c1. The first kappa shape index (κ1) is 11.2. The predicted molar refractivity (Wildman–Crippen MR) is 59.5 cm³/mol. The highest BCUT2D eigenvalue weighted by atomic mass is 16.5. The van der Waals surface area contributed by atoms with Gasteiger partial charge >= 0.3 is 0 Å². The second-order valence-corrected chi connectivity index (χ2v) is 2.91. The van der Waals surface area contributed by atoms with Gasteiger partial charge in [-0.15, -0.1) is 0 Å². The molecule has 5 nitrogen and oxygen atoms in total. The number of nitrogens with one attached hydrogen (secondary N) is 1. The van der Waals surface area contributed by atoms with Gasteiger partial charge in [0, 0.05) is 11.8 Å². The lowest BCUT2D eigenvalue weighted by Gasteiger charge is -2.07. The minimum Gasteiger partial charge on any atom is -0.494 e. The molecule has 1 aromatic carbocycles. The van der Waals surface area contributed by atoms with E-state index >= 15 is 0 Å². The fourth-order valence-electron chi connectivity index (χ4n) is 1.09. The van der Waals surface area contributed by atoms with E-state index in [1.54, 1.807) is 0 Å². The number of oxime groups is 1. The van der Waals surface area contributed by atoms with Crippen LogP contribution in [-0.4, -0.2) is 24.2 Å². The number of benzene rings is 1. The zero-order valence-corrected chi connectivity index (χ0v) is 8.60. The van der Waals surface area contributed by atoms with Crippen LogP contribution in [0.4, 0.5) is 5.69 Å². The maximum atomic E-state index is 8.35. The number of amidine groups is 1. The van der Waals surface area contributed by atoms with Crippen LogP contribution in [0.5, 0.6) is 5.75 Å². The summed E-state index contributed by atoms with van der Waals surface area (Å²) in [5.41, 5.74) is 6.19. The molecule has 1 rings (SSSR count). The molecule has 0 saturated carbocycles. The third-order valence-corrected chi connectivity index (χ3v) is 1.75. The Balaban J connectivity index is 2.57. The van der Waals surface area contributed by atoms with Crippen LogP contribution in [-0.2, 0) is 0 Å². The van der Waals surface area contributed by atoms with Crippen LogP contribution >= 0.6 is 0 Å². The predicted octanol–water partition coefficient (Wildman–Crippen LogP) is 1.24. The molecule has 0 atom stereocenters. The van der Waals surface area contributed by atoms with Crippen LogP contribution in [0.2, 0.25) is 0 Å². The van der Waals surface area contributed by atoms with Gasteiger partial charge in [0.05, 0.1) is 13.2 Å². The van der Waals surface area contributed by atoms with E-state index in [1.165, 1.54) is 0 Å². The van der Waals surface area contributed by atoms with E-state index in [1.807, 2.05) is 31.2 Å². The molecule has 0 aliphatic carbocycles. The second kappa shape index (κ2) is 5.74. The Morgan fingerprint density at radius 1 is 1.60 bits per heavy atom. The van der Waals surface area contributed by atoms with Crippen LogP contribution in [0.3, 0.4) is 0 Å². The first-order valence-corrected chi connectivity index (χ1v) is 4.69. The first-order chi connectivity index (χ1) is 7.26. The quantitative estimate of drug-likeness (QED) is 0.295. The van der Waals surface area contributed by atoms with Gasteiger partial charge in [-0.2, -0.15) is 0 Å². The third-order valence-electron chi connectivity index (χ3n) is 1.75. The van der Waals surface area contributed by atoms with E-state index in [-0.39, 0.29) is 5.84 Å². The Morgan fingerprint density at radius 2 is 2.40 bits per heavy atom. The molecule has 0 amide bonds. The average Bonchev–Trinajstić information content (AvgIpc) is 2.27. The second-order valence-electron chi connectivity index (χ2n) is 2.91. The summed E-state index contributed by atoms with van der Waals surface area (Å²) in [6.07, 6.45) is 0. The number of nitrogens with two attached hydrogens (primary N) is 1. The Morgan fingerprint density at radius 3 is 3.07 bits per heavy atom. The first-order valence-electron chi connectivity index (χ1n) is 4.69. The highest BCUT2D eigenvalue weighted by Crippen LogP contribution is 2.16. The molecule has 0 aromatic heterocycles. The molecule has 0 bridgehead atoms. The molecule has 4 N–H and O–H groups in total. The largest absolute Gasteiger partial charge is 0.494 e. The summed E-state index contributed by atoms with van der Waals surface area (Å²) in [6.45, 7) is 2.85. The van der Waals surface area contributed by atoms with E-state index in [0.29, 0.717) is 13.2 Å². The zero-order valence-electron chi connectivity index (χ0n) is 8.60. The number of nitrogens with zero attached hydrogens (tertiary/aromatic N) is 1. The van der Waals surface area contributed by atoms with Gasteiger partial charge in [0.2, 0.25) is 0 Å². The number of hydrogen-bond acceptors (Lipinski definition) is 4. The topological polar surface area (TPSA) is 79.9 Å². The van der Waals surface area contributed by atoms with E-state index < -0.39 is 0 Å². The Hall–Kier alpha value is -1.91. The molecule has 0 aliphatic rings. The summed E-state index contributed by atoms with van der Waals surface area (Å²) in [4.78, 5) is 0.